The van der Waals surface area contributed by atoms with E-state index < -0.39 is 37.1 Å². The molecule has 0 spiro atoms. The normalized spacial score (nSPS) is 29.3. The van der Waals surface area contributed by atoms with Gasteiger partial charge in [0.2, 0.25) is 0 Å². The van der Waals surface area contributed by atoms with Crippen LogP contribution >= 0.6 is 0 Å². The first-order valence-electron chi connectivity index (χ1n) is 9.85. The van der Waals surface area contributed by atoms with Crippen molar-refractivity contribution in [3.8, 4) is 5.75 Å². The maximum Gasteiger partial charge on any atom is 0.143 e. The van der Waals surface area contributed by atoms with Crippen LogP contribution in [0.4, 0.5) is 5.69 Å². The van der Waals surface area contributed by atoms with Gasteiger partial charge in [-0.3, -0.25) is 0 Å². The molecule has 0 unspecified atom stereocenters. The molecule has 2 aromatic carbocycles. The summed E-state index contributed by atoms with van der Waals surface area (Å²) in [5, 5.41) is 39.8. The van der Waals surface area contributed by atoms with E-state index in [9.17, 15) is 20.4 Å². The minimum atomic E-state index is -1.40. The highest BCUT2D eigenvalue weighted by molar-refractivity contribution is 5.61. The highest BCUT2D eigenvalue weighted by Gasteiger charge is 2.44. The first-order valence-corrected chi connectivity index (χ1v) is 9.85. The molecule has 0 aliphatic carbocycles. The molecule has 0 saturated carbocycles. The lowest BCUT2D eigenvalue weighted by atomic mass is 9.91. The Kier molecular flexibility index (Phi) is 5.76. The van der Waals surface area contributed by atoms with Crippen LogP contribution in [0, 0.1) is 6.92 Å². The Morgan fingerprint density at radius 1 is 1.00 bits per heavy atom. The van der Waals surface area contributed by atoms with Crippen molar-refractivity contribution in [3.05, 3.63) is 59.2 Å². The first-order chi connectivity index (χ1) is 14.0. The Hall–Kier alpha value is -2.16. The van der Waals surface area contributed by atoms with Crippen LogP contribution in [0.3, 0.4) is 0 Å². The van der Waals surface area contributed by atoms with Gasteiger partial charge < -0.3 is 34.8 Å². The lowest BCUT2D eigenvalue weighted by Gasteiger charge is -2.40. The molecule has 1 fully saturated rings. The Morgan fingerprint density at radius 2 is 1.76 bits per heavy atom. The summed E-state index contributed by atoms with van der Waals surface area (Å²) in [4.78, 5) is 2.24. The van der Waals surface area contributed by atoms with Gasteiger partial charge in [-0.25, -0.2) is 0 Å². The predicted molar refractivity (Wildman–Crippen MR) is 107 cm³/mol. The molecule has 0 bridgehead atoms. The van der Waals surface area contributed by atoms with E-state index in [0.717, 1.165) is 18.8 Å². The third-order valence-corrected chi connectivity index (χ3v) is 5.66. The quantitative estimate of drug-likeness (QED) is 0.604. The summed E-state index contributed by atoms with van der Waals surface area (Å²) in [5.41, 5.74) is 4.00. The molecule has 4 rings (SSSR count). The zero-order valence-corrected chi connectivity index (χ0v) is 16.3. The largest absolute Gasteiger partial charge is 0.490 e. The number of aliphatic hydroxyl groups excluding tert-OH is 4. The van der Waals surface area contributed by atoms with Crippen molar-refractivity contribution in [2.45, 2.75) is 44.0 Å². The SMILES string of the molecule is Cc1ccc(CN2CCOc3cc([C@@H]4O[C@H](CO)[C@@H](O)[C@H](O)[C@H]4O)ccc32)cc1. The van der Waals surface area contributed by atoms with Gasteiger partial charge in [-0.2, -0.15) is 0 Å². The lowest BCUT2D eigenvalue weighted by molar-refractivity contribution is -0.231. The number of anilines is 1. The van der Waals surface area contributed by atoms with Gasteiger partial charge in [-0.1, -0.05) is 35.9 Å². The lowest BCUT2D eigenvalue weighted by Crippen LogP contribution is -2.55. The molecule has 7 nitrogen and oxygen atoms in total. The zero-order chi connectivity index (χ0) is 20.5. The van der Waals surface area contributed by atoms with E-state index in [0.29, 0.717) is 17.9 Å². The van der Waals surface area contributed by atoms with Crippen LogP contribution in [0.5, 0.6) is 5.75 Å². The Labute approximate surface area is 169 Å². The fourth-order valence-electron chi connectivity index (χ4n) is 3.93. The van der Waals surface area contributed by atoms with Crippen molar-refractivity contribution in [2.75, 3.05) is 24.7 Å². The molecule has 7 heteroatoms. The maximum absolute atomic E-state index is 10.4. The highest BCUT2D eigenvalue weighted by Crippen LogP contribution is 2.39. The molecule has 0 amide bonds. The number of fused-ring (bicyclic) bond motifs is 1. The summed E-state index contributed by atoms with van der Waals surface area (Å²) in [6, 6.07) is 14.0. The van der Waals surface area contributed by atoms with E-state index in [4.69, 9.17) is 9.47 Å². The van der Waals surface area contributed by atoms with Crippen molar-refractivity contribution in [1.82, 2.24) is 0 Å². The second-order valence-electron chi connectivity index (χ2n) is 7.73. The second-order valence-corrected chi connectivity index (χ2v) is 7.73. The predicted octanol–water partition coefficient (Wildman–Crippen LogP) is 0.909. The topological polar surface area (TPSA) is 103 Å². The minimum absolute atomic E-state index is 0.451. The molecule has 156 valence electrons. The van der Waals surface area contributed by atoms with E-state index in [2.05, 4.69) is 36.1 Å². The highest BCUT2D eigenvalue weighted by atomic mass is 16.5. The van der Waals surface area contributed by atoms with Crippen molar-refractivity contribution < 1.29 is 29.9 Å². The smallest absolute Gasteiger partial charge is 0.143 e. The summed E-state index contributed by atoms with van der Waals surface area (Å²) >= 11 is 0. The van der Waals surface area contributed by atoms with Gasteiger partial charge in [0.25, 0.3) is 0 Å². The molecule has 2 aromatic rings. The zero-order valence-electron chi connectivity index (χ0n) is 16.3. The van der Waals surface area contributed by atoms with Gasteiger partial charge in [0.05, 0.1) is 18.8 Å². The van der Waals surface area contributed by atoms with Crippen LogP contribution in [0.1, 0.15) is 22.8 Å². The molecule has 29 heavy (non-hydrogen) atoms. The van der Waals surface area contributed by atoms with Crippen LogP contribution in [-0.4, -0.2) is 64.6 Å². The number of aryl methyl sites for hydroxylation is 1. The Morgan fingerprint density at radius 3 is 2.48 bits per heavy atom. The van der Waals surface area contributed by atoms with Crippen LogP contribution in [0.2, 0.25) is 0 Å². The molecule has 0 aromatic heterocycles. The molecule has 2 aliphatic heterocycles. The Bertz CT molecular complexity index is 840. The molecule has 2 aliphatic rings. The van der Waals surface area contributed by atoms with Crippen molar-refractivity contribution >= 4 is 5.69 Å². The molecule has 1 saturated heterocycles. The third-order valence-electron chi connectivity index (χ3n) is 5.66. The van der Waals surface area contributed by atoms with Crippen molar-refractivity contribution in [2.24, 2.45) is 0 Å². The monoisotopic (exact) mass is 401 g/mol. The van der Waals surface area contributed by atoms with E-state index >= 15 is 0 Å². The van der Waals surface area contributed by atoms with Crippen molar-refractivity contribution in [3.63, 3.8) is 0 Å². The van der Waals surface area contributed by atoms with Crippen molar-refractivity contribution in [1.29, 1.82) is 0 Å². The number of hydrogen-bond acceptors (Lipinski definition) is 7. The van der Waals surface area contributed by atoms with Gasteiger partial charge in [-0.15, -0.1) is 0 Å². The Balaban J connectivity index is 1.57. The maximum atomic E-state index is 10.4. The van der Waals surface area contributed by atoms with E-state index in [1.54, 1.807) is 6.07 Å². The molecule has 4 N–H and O–H groups in total. The van der Waals surface area contributed by atoms with Gasteiger partial charge in [-0.05, 0) is 30.2 Å². The van der Waals surface area contributed by atoms with Gasteiger partial charge in [0.1, 0.15) is 42.9 Å². The molecule has 0 radical (unpaired) electrons. The van der Waals surface area contributed by atoms with E-state index in [1.165, 1.54) is 11.1 Å². The molecular weight excluding hydrogens is 374 g/mol. The summed E-state index contributed by atoms with van der Waals surface area (Å²) in [6.45, 7) is 3.68. The van der Waals surface area contributed by atoms with Gasteiger partial charge in [0, 0.05) is 6.54 Å². The second kappa shape index (κ2) is 8.30. The number of hydrogen-bond donors (Lipinski definition) is 4. The molecular formula is C22H27NO6. The fraction of sp³-hybridized carbons (Fsp3) is 0.455. The average molecular weight is 401 g/mol. The number of benzene rings is 2. The van der Waals surface area contributed by atoms with Gasteiger partial charge in [0.15, 0.2) is 0 Å². The summed E-state index contributed by atoms with van der Waals surface area (Å²) in [5.74, 6) is 0.679. The summed E-state index contributed by atoms with van der Waals surface area (Å²) in [6.07, 6.45) is -5.88. The van der Waals surface area contributed by atoms with Crippen LogP contribution in [-0.2, 0) is 11.3 Å². The summed E-state index contributed by atoms with van der Waals surface area (Å²) in [7, 11) is 0. The van der Waals surface area contributed by atoms with E-state index in [1.807, 2.05) is 12.1 Å². The number of rotatable bonds is 4. The molecule has 5 atom stereocenters. The summed E-state index contributed by atoms with van der Waals surface area (Å²) < 4.78 is 11.5. The number of ether oxygens (including phenoxy) is 2. The van der Waals surface area contributed by atoms with Crippen LogP contribution in [0.25, 0.3) is 0 Å². The first kappa shape index (κ1) is 20.1. The van der Waals surface area contributed by atoms with Crippen LogP contribution in [0.15, 0.2) is 42.5 Å². The number of aliphatic hydroxyl groups is 4. The fourth-order valence-corrected chi connectivity index (χ4v) is 3.93. The van der Waals surface area contributed by atoms with Gasteiger partial charge >= 0.3 is 0 Å². The standard InChI is InChI=1S/C22H27NO6/c1-13-2-4-14(5-3-13)11-23-8-9-28-17-10-15(6-7-16(17)23)22-21(27)20(26)19(25)18(12-24)29-22/h2-7,10,18-22,24-27H,8-9,11-12H2,1H3/t18-,19-,20+,21-,22+/m1/s1. The average Bonchev–Trinajstić information content (AvgIpc) is 2.74. The van der Waals surface area contributed by atoms with Crippen LogP contribution < -0.4 is 9.64 Å². The number of nitrogens with zero attached hydrogens (tertiary/aromatic N) is 1. The minimum Gasteiger partial charge on any atom is -0.490 e. The van der Waals surface area contributed by atoms with E-state index in [-0.39, 0.29) is 0 Å². The molecule has 2 heterocycles. The third kappa shape index (κ3) is 3.97.